The van der Waals surface area contributed by atoms with E-state index in [2.05, 4.69) is 15.2 Å². The van der Waals surface area contributed by atoms with Gasteiger partial charge in [0.1, 0.15) is 22.9 Å². The molecule has 1 unspecified atom stereocenters. The van der Waals surface area contributed by atoms with Crippen molar-refractivity contribution in [2.75, 3.05) is 4.90 Å². The maximum absolute atomic E-state index is 14.6. The molecule has 2 aromatic heterocycles. The van der Waals surface area contributed by atoms with Crippen molar-refractivity contribution < 1.29 is 59.7 Å². The van der Waals surface area contributed by atoms with Crippen molar-refractivity contribution in [1.29, 1.82) is 0 Å². The molecule has 2 atom stereocenters. The van der Waals surface area contributed by atoms with Crippen LogP contribution in [0.5, 0.6) is 5.88 Å². The summed E-state index contributed by atoms with van der Waals surface area (Å²) >= 11 is 0. The maximum Gasteiger partial charge on any atom is 0.426 e. The summed E-state index contributed by atoms with van der Waals surface area (Å²) in [5.41, 5.74) is -9.52. The molecule has 46 heavy (non-hydrogen) atoms. The van der Waals surface area contributed by atoms with E-state index in [0.717, 1.165) is 0 Å². The van der Waals surface area contributed by atoms with Gasteiger partial charge in [0.05, 0.1) is 5.69 Å². The van der Waals surface area contributed by atoms with Crippen LogP contribution in [-0.4, -0.2) is 56.0 Å². The molecule has 17 heteroatoms. The van der Waals surface area contributed by atoms with E-state index in [4.69, 9.17) is 18.6 Å². The highest BCUT2D eigenvalue weighted by Crippen LogP contribution is 2.46. The van der Waals surface area contributed by atoms with Gasteiger partial charge in [-0.25, -0.2) is 14.6 Å². The number of carbonyl (C=O) groups excluding carboxylic acids is 2. The number of pyridine rings is 1. The lowest BCUT2D eigenvalue weighted by Crippen LogP contribution is -2.44. The molecule has 258 valence electrons. The molecule has 2 amide bonds. The monoisotopic (exact) mass is 668 g/mol. The highest BCUT2D eigenvalue weighted by atomic mass is 19.4. The Balaban J connectivity index is 2.45. The zero-order valence-corrected chi connectivity index (χ0v) is 26.7. The number of halogens is 6. The molecule has 0 saturated carbocycles. The summed E-state index contributed by atoms with van der Waals surface area (Å²) in [4.78, 5) is 30.9. The normalized spacial score (nSPS) is 20.0. The fourth-order valence-electron chi connectivity index (χ4n) is 4.42. The topological polar surface area (TPSA) is 137 Å². The maximum atomic E-state index is 14.6. The molecule has 0 aromatic carbocycles. The zero-order valence-electron chi connectivity index (χ0n) is 26.7. The van der Waals surface area contributed by atoms with Crippen molar-refractivity contribution in [3.8, 4) is 17.5 Å². The molecule has 4 bridgehead atoms. The first kappa shape index (κ1) is 36.8. The van der Waals surface area contributed by atoms with E-state index in [-0.39, 0.29) is 36.5 Å². The Kier molecular flexibility index (Phi) is 10.3. The van der Waals surface area contributed by atoms with Crippen LogP contribution in [-0.2, 0) is 21.3 Å². The molecule has 0 radical (unpaired) electrons. The predicted octanol–water partition coefficient (Wildman–Crippen LogP) is 7.94. The minimum absolute atomic E-state index is 0.0980. The molecule has 1 N–H and O–H groups in total. The Morgan fingerprint density at radius 1 is 0.957 bits per heavy atom. The number of hydrogen-bond acceptors (Lipinski definition) is 10. The number of imide groups is 1. The molecule has 0 fully saturated rings. The van der Waals surface area contributed by atoms with Crippen LogP contribution in [0.15, 0.2) is 10.5 Å². The van der Waals surface area contributed by atoms with Crippen LogP contribution in [0.25, 0.3) is 11.6 Å². The van der Waals surface area contributed by atoms with Crippen LogP contribution in [0.3, 0.4) is 0 Å². The van der Waals surface area contributed by atoms with Crippen molar-refractivity contribution in [3.05, 3.63) is 17.5 Å². The quantitative estimate of drug-likeness (QED) is 0.314. The third-order valence-electron chi connectivity index (χ3n) is 6.65. The van der Waals surface area contributed by atoms with Gasteiger partial charge in [-0.2, -0.15) is 31.2 Å². The van der Waals surface area contributed by atoms with E-state index in [1.54, 1.807) is 13.8 Å². The second-order valence-electron chi connectivity index (χ2n) is 13.3. The van der Waals surface area contributed by atoms with Crippen molar-refractivity contribution in [2.45, 2.75) is 123 Å². The molecule has 11 nitrogen and oxygen atoms in total. The number of rotatable bonds is 2. The van der Waals surface area contributed by atoms with E-state index in [9.17, 15) is 41.0 Å². The standard InChI is InChI=1S/C29H38F6N4O7/c1-15(2)18-12-10-9-11-13-27(42,29(33,34)35)22-38-37-21(44-22)19-17(14-16(28(30,31)32)20(36-19)43-18)39(23(40)45-25(3,4)5)24(41)46-26(6,7)8/h14-15,18,42H,9-13H2,1-8H3/t18?,27-/m1/s1. The van der Waals surface area contributed by atoms with Gasteiger partial charge in [0.25, 0.3) is 11.8 Å². The van der Waals surface area contributed by atoms with Crippen LogP contribution in [0.1, 0.15) is 98.9 Å². The van der Waals surface area contributed by atoms with Crippen LogP contribution in [0.2, 0.25) is 0 Å². The number of fused-ring (bicyclic) bond motifs is 5. The molecule has 3 heterocycles. The Bertz CT molecular complexity index is 1380. The number of anilines is 1. The zero-order chi connectivity index (χ0) is 35.0. The number of amides is 2. The van der Waals surface area contributed by atoms with Gasteiger partial charge in [-0.15, -0.1) is 10.2 Å². The number of aliphatic hydroxyl groups is 1. The summed E-state index contributed by atoms with van der Waals surface area (Å²) in [6.07, 6.45) is -14.9. The molecular formula is C29H38F6N4O7. The van der Waals surface area contributed by atoms with Gasteiger partial charge in [-0.1, -0.05) is 20.3 Å². The minimum Gasteiger partial charge on any atom is -0.474 e. The van der Waals surface area contributed by atoms with Crippen molar-refractivity contribution in [2.24, 2.45) is 5.92 Å². The lowest BCUT2D eigenvalue weighted by molar-refractivity contribution is -0.277. The summed E-state index contributed by atoms with van der Waals surface area (Å²) in [6, 6.07) is 0.342. The van der Waals surface area contributed by atoms with Gasteiger partial charge in [-0.3, -0.25) is 0 Å². The average molecular weight is 669 g/mol. The first-order valence-electron chi connectivity index (χ1n) is 14.5. The second kappa shape index (κ2) is 12.9. The highest BCUT2D eigenvalue weighted by Gasteiger charge is 2.58. The van der Waals surface area contributed by atoms with Crippen LogP contribution in [0, 0.1) is 5.92 Å². The molecule has 1 aliphatic rings. The molecule has 0 aliphatic carbocycles. The van der Waals surface area contributed by atoms with E-state index in [0.29, 0.717) is 6.07 Å². The average Bonchev–Trinajstić information content (AvgIpc) is 3.34. The van der Waals surface area contributed by atoms with Gasteiger partial charge in [0.2, 0.25) is 11.5 Å². The Morgan fingerprint density at radius 2 is 1.52 bits per heavy atom. The molecule has 3 rings (SSSR count). The largest absolute Gasteiger partial charge is 0.474 e. The number of hydrogen-bond donors (Lipinski definition) is 1. The summed E-state index contributed by atoms with van der Waals surface area (Å²) in [5, 5.41) is 17.7. The second-order valence-corrected chi connectivity index (χ2v) is 13.3. The Labute approximate surface area is 261 Å². The number of alkyl halides is 6. The lowest BCUT2D eigenvalue weighted by atomic mass is 9.93. The number of aromatic nitrogens is 3. The summed E-state index contributed by atoms with van der Waals surface area (Å²) in [6.45, 7) is 11.9. The number of nitrogens with zero attached hydrogens (tertiary/aromatic N) is 4. The Hall–Kier alpha value is -3.63. The van der Waals surface area contributed by atoms with E-state index < -0.39 is 88.5 Å². The number of ether oxygens (including phenoxy) is 3. The predicted molar refractivity (Wildman–Crippen MR) is 150 cm³/mol. The van der Waals surface area contributed by atoms with Crippen molar-refractivity contribution in [1.82, 2.24) is 15.2 Å². The highest BCUT2D eigenvalue weighted by molar-refractivity contribution is 6.11. The van der Waals surface area contributed by atoms with Crippen LogP contribution < -0.4 is 9.64 Å². The summed E-state index contributed by atoms with van der Waals surface area (Å²) in [7, 11) is 0. The van der Waals surface area contributed by atoms with Crippen molar-refractivity contribution >= 4 is 17.9 Å². The third kappa shape index (κ3) is 8.59. The first-order chi connectivity index (χ1) is 20.8. The summed E-state index contributed by atoms with van der Waals surface area (Å²) in [5.74, 6) is -3.66. The van der Waals surface area contributed by atoms with Crippen LogP contribution >= 0.6 is 0 Å². The number of carbonyl (C=O) groups is 2. The van der Waals surface area contributed by atoms with Gasteiger partial charge in [-0.05, 0) is 79.2 Å². The fourth-order valence-corrected chi connectivity index (χ4v) is 4.42. The van der Waals surface area contributed by atoms with E-state index in [1.165, 1.54) is 41.5 Å². The van der Waals surface area contributed by atoms with E-state index in [1.807, 2.05) is 0 Å². The molecular weight excluding hydrogens is 630 g/mol. The molecule has 2 aromatic rings. The van der Waals surface area contributed by atoms with Gasteiger partial charge < -0.3 is 23.7 Å². The minimum atomic E-state index is -5.29. The molecule has 0 spiro atoms. The Morgan fingerprint density at radius 3 is 2.00 bits per heavy atom. The van der Waals surface area contributed by atoms with Gasteiger partial charge in [0.15, 0.2) is 5.69 Å². The van der Waals surface area contributed by atoms with Gasteiger partial charge >= 0.3 is 24.5 Å². The summed E-state index contributed by atoms with van der Waals surface area (Å²) < 4.78 is 108. The van der Waals surface area contributed by atoms with Gasteiger partial charge in [0, 0.05) is 0 Å². The third-order valence-corrected chi connectivity index (χ3v) is 6.65. The molecule has 0 saturated heterocycles. The van der Waals surface area contributed by atoms with Crippen molar-refractivity contribution in [3.63, 3.8) is 0 Å². The van der Waals surface area contributed by atoms with E-state index >= 15 is 0 Å². The lowest BCUT2D eigenvalue weighted by Gasteiger charge is -2.30. The SMILES string of the molecule is CC(C)C1CCCCC[C@](O)(C(F)(F)F)c2nnc(o2)-c2nc(c(C(F)(F)F)cc2N(C(=O)OC(C)(C)C)C(=O)OC(C)(C)C)O1. The molecule has 1 aliphatic heterocycles. The fraction of sp³-hybridized carbons (Fsp3) is 0.690. The van der Waals surface area contributed by atoms with Crippen LogP contribution in [0.4, 0.5) is 41.6 Å². The first-order valence-corrected chi connectivity index (χ1v) is 14.5. The smallest absolute Gasteiger partial charge is 0.426 e.